The van der Waals surface area contributed by atoms with Crippen LogP contribution in [0.5, 0.6) is 5.75 Å². The number of benzene rings is 2. The lowest BCUT2D eigenvalue weighted by molar-refractivity contribution is 0.0980. The van der Waals surface area contributed by atoms with Crippen LogP contribution in [-0.2, 0) is 21.9 Å². The second-order valence-corrected chi connectivity index (χ2v) is 18.6. The molecule has 4 bridgehead atoms. The Bertz CT molecular complexity index is 1670. The van der Waals surface area contributed by atoms with Crippen molar-refractivity contribution in [3.05, 3.63) is 69.5 Å². The standard InChI is InChI=1S/C34H39BrClFN2O4S2/c1-19-20(2)45(41,42)38-33(40)21-6-10-30-29(14-21)39(15-22-5-7-25(22)32(44-18-35)24-12-23(19)13-24)16-34(17-43-30)11-3-4-26-27(34)8-9-28(36)31(26)37/h6,8-10,12,14,19-20,22-23,25,32H,3-5,7,11,13,15-18H2,1-2H3,(H,38,40)/t19-,20-,22+,23+,25-,32?,34+/m1/s1. The minimum atomic E-state index is -3.91. The van der Waals surface area contributed by atoms with E-state index in [1.54, 1.807) is 31.2 Å². The normalized spacial score (nSPS) is 33.8. The number of allylic oxidation sites excluding steroid dienone is 1. The van der Waals surface area contributed by atoms with Gasteiger partial charge in [0.2, 0.25) is 10.0 Å². The first-order valence-corrected chi connectivity index (χ1v) is 20.0. The van der Waals surface area contributed by atoms with Crippen LogP contribution in [0.2, 0.25) is 5.02 Å². The van der Waals surface area contributed by atoms with Crippen LogP contribution < -0.4 is 14.4 Å². The van der Waals surface area contributed by atoms with Crippen molar-refractivity contribution in [1.82, 2.24) is 4.72 Å². The third kappa shape index (κ3) is 5.53. The number of thioether (sulfide) groups is 1. The molecule has 242 valence electrons. The number of ether oxygens (including phenoxy) is 1. The molecule has 1 N–H and O–H groups in total. The Morgan fingerprint density at radius 3 is 2.76 bits per heavy atom. The van der Waals surface area contributed by atoms with Crippen molar-refractivity contribution in [2.24, 2.45) is 23.7 Å². The van der Waals surface area contributed by atoms with Gasteiger partial charge in [-0.15, -0.1) is 11.8 Å². The maximum Gasteiger partial charge on any atom is 0.264 e. The van der Waals surface area contributed by atoms with Gasteiger partial charge in [-0.3, -0.25) is 4.79 Å². The van der Waals surface area contributed by atoms with E-state index in [-0.39, 0.29) is 28.2 Å². The summed E-state index contributed by atoms with van der Waals surface area (Å²) in [5.41, 5.74) is 3.64. The predicted octanol–water partition coefficient (Wildman–Crippen LogP) is 7.48. The minimum absolute atomic E-state index is 0.121. The van der Waals surface area contributed by atoms with Crippen LogP contribution in [0.15, 0.2) is 42.0 Å². The monoisotopic (exact) mass is 736 g/mol. The molecule has 11 heteroatoms. The zero-order chi connectivity index (χ0) is 31.7. The van der Waals surface area contributed by atoms with Gasteiger partial charge in [-0.05, 0) is 105 Å². The quantitative estimate of drug-likeness (QED) is 0.255. The van der Waals surface area contributed by atoms with Gasteiger partial charge < -0.3 is 9.64 Å². The molecular weight excluding hydrogens is 699 g/mol. The summed E-state index contributed by atoms with van der Waals surface area (Å²) in [6.07, 6.45) is 7.76. The van der Waals surface area contributed by atoms with E-state index in [2.05, 4.69) is 31.6 Å². The van der Waals surface area contributed by atoms with Crippen LogP contribution in [0.25, 0.3) is 0 Å². The van der Waals surface area contributed by atoms with Gasteiger partial charge in [-0.1, -0.05) is 52.2 Å². The Morgan fingerprint density at radius 1 is 1.22 bits per heavy atom. The number of halogens is 3. The molecule has 3 heterocycles. The van der Waals surface area contributed by atoms with Gasteiger partial charge in [-0.25, -0.2) is 17.5 Å². The number of carbonyl (C=O) groups is 1. The topological polar surface area (TPSA) is 75.7 Å². The zero-order valence-electron chi connectivity index (χ0n) is 25.5. The lowest BCUT2D eigenvalue weighted by atomic mass is 9.65. The molecule has 1 fully saturated rings. The Kier molecular flexibility index (Phi) is 8.52. The highest BCUT2D eigenvalue weighted by Crippen LogP contribution is 2.52. The molecule has 7 atom stereocenters. The van der Waals surface area contributed by atoms with Crippen molar-refractivity contribution in [2.75, 3.05) is 29.3 Å². The summed E-state index contributed by atoms with van der Waals surface area (Å²) in [7, 11) is -3.91. The highest BCUT2D eigenvalue weighted by Gasteiger charge is 2.47. The van der Waals surface area contributed by atoms with Gasteiger partial charge in [0, 0.05) is 34.0 Å². The summed E-state index contributed by atoms with van der Waals surface area (Å²) < 4.78 is 52.0. The van der Waals surface area contributed by atoms with Gasteiger partial charge in [-0.2, -0.15) is 0 Å². The van der Waals surface area contributed by atoms with E-state index in [0.717, 1.165) is 54.6 Å². The van der Waals surface area contributed by atoms with Crippen molar-refractivity contribution in [1.29, 1.82) is 0 Å². The van der Waals surface area contributed by atoms with Crippen LogP contribution in [0, 0.1) is 29.5 Å². The highest BCUT2D eigenvalue weighted by atomic mass is 79.9. The van der Waals surface area contributed by atoms with Crippen LogP contribution in [0.1, 0.15) is 67.4 Å². The molecule has 0 saturated heterocycles. The first kappa shape index (κ1) is 31.8. The molecule has 2 aromatic carbocycles. The summed E-state index contributed by atoms with van der Waals surface area (Å²) >= 11 is 11.8. The fourth-order valence-corrected chi connectivity index (χ4v) is 11.8. The third-order valence-corrected chi connectivity index (χ3v) is 15.5. The molecule has 3 aliphatic carbocycles. The number of hydrogen-bond donors (Lipinski definition) is 1. The summed E-state index contributed by atoms with van der Waals surface area (Å²) in [5, 5.41) is -0.208. The number of nitrogens with one attached hydrogen (secondary N) is 1. The van der Waals surface area contributed by atoms with Crippen molar-refractivity contribution in [2.45, 2.75) is 68.3 Å². The lowest BCUT2D eigenvalue weighted by Gasteiger charge is -2.48. The zero-order valence-corrected chi connectivity index (χ0v) is 29.5. The number of anilines is 1. The summed E-state index contributed by atoms with van der Waals surface area (Å²) in [6, 6.07) is 8.83. The molecule has 45 heavy (non-hydrogen) atoms. The highest BCUT2D eigenvalue weighted by molar-refractivity contribution is 9.11. The Balaban J connectivity index is 1.32. The number of fused-ring (bicyclic) bond motifs is 6. The molecule has 1 amide bonds. The number of nitrogens with zero attached hydrogens (tertiary/aromatic N) is 1. The number of amides is 1. The first-order valence-electron chi connectivity index (χ1n) is 15.9. The molecule has 2 aromatic rings. The second kappa shape index (κ2) is 12.0. The van der Waals surface area contributed by atoms with Crippen molar-refractivity contribution < 1.29 is 22.3 Å². The van der Waals surface area contributed by atoms with E-state index in [1.165, 1.54) is 5.57 Å². The number of carbonyl (C=O) groups excluding carboxylic acids is 1. The van der Waals surface area contributed by atoms with Gasteiger partial charge in [0.05, 0.1) is 22.6 Å². The van der Waals surface area contributed by atoms with Crippen LogP contribution in [-0.4, -0.2) is 49.2 Å². The second-order valence-electron chi connectivity index (χ2n) is 13.7. The maximum absolute atomic E-state index is 15.4. The third-order valence-electron chi connectivity index (χ3n) is 11.4. The largest absolute Gasteiger partial charge is 0.490 e. The predicted molar refractivity (Wildman–Crippen MR) is 183 cm³/mol. The summed E-state index contributed by atoms with van der Waals surface area (Å²) in [6.45, 7) is 5.44. The van der Waals surface area contributed by atoms with Gasteiger partial charge in [0.15, 0.2) is 0 Å². The maximum atomic E-state index is 15.4. The Morgan fingerprint density at radius 2 is 2.02 bits per heavy atom. The average molecular weight is 738 g/mol. The van der Waals surface area contributed by atoms with E-state index in [0.29, 0.717) is 48.0 Å². The van der Waals surface area contributed by atoms with Crippen molar-refractivity contribution in [3.8, 4) is 5.75 Å². The molecule has 0 aromatic heterocycles. The van der Waals surface area contributed by atoms with Gasteiger partial charge >= 0.3 is 0 Å². The first-order chi connectivity index (χ1) is 21.5. The van der Waals surface area contributed by atoms with Crippen molar-refractivity contribution >= 4 is 60.9 Å². The Labute approximate surface area is 283 Å². The van der Waals surface area contributed by atoms with Gasteiger partial charge in [0.1, 0.15) is 11.6 Å². The van der Waals surface area contributed by atoms with E-state index >= 15 is 4.39 Å². The Hall–Kier alpha value is -1.75. The number of sulfonamides is 1. The van der Waals surface area contributed by atoms with Crippen LogP contribution in [0.3, 0.4) is 0 Å². The van der Waals surface area contributed by atoms with E-state index in [1.807, 2.05) is 24.8 Å². The molecule has 1 unspecified atom stereocenters. The van der Waals surface area contributed by atoms with E-state index in [9.17, 15) is 13.2 Å². The fourth-order valence-electron chi connectivity index (χ4n) is 8.34. The number of alkyl halides is 1. The summed E-state index contributed by atoms with van der Waals surface area (Å²) in [4.78, 5) is 15.8. The van der Waals surface area contributed by atoms with Crippen molar-refractivity contribution in [3.63, 3.8) is 0 Å². The fraction of sp³-hybridized carbons (Fsp3) is 0.559. The van der Waals surface area contributed by atoms with E-state index in [4.69, 9.17) is 16.3 Å². The van der Waals surface area contributed by atoms with Crippen LogP contribution in [0.4, 0.5) is 10.1 Å². The number of rotatable bonds is 2. The van der Waals surface area contributed by atoms with Gasteiger partial charge in [0.25, 0.3) is 5.91 Å². The summed E-state index contributed by atoms with van der Waals surface area (Å²) in [5.74, 6) is 0.660. The molecular formula is C34H39BrClFN2O4S2. The minimum Gasteiger partial charge on any atom is -0.490 e. The van der Waals surface area contributed by atoms with E-state index < -0.39 is 26.6 Å². The smallest absolute Gasteiger partial charge is 0.264 e. The SMILES string of the molecule is C[C@@H]1[C@@H](C)S(=O)(=O)NC(=O)c2ccc3c(c2)N(C[C@@H]2CC[C@H]2C(SCBr)C2=C[C@H]1C2)C[C@@]1(CCCc2c1ccc(Cl)c2F)CO3. The lowest BCUT2D eigenvalue weighted by Crippen LogP contribution is -2.50. The molecule has 8 rings (SSSR count). The molecule has 3 aliphatic heterocycles. The van der Waals surface area contributed by atoms with Crippen LogP contribution >= 0.6 is 39.3 Å². The molecule has 1 saturated carbocycles. The number of hydrogen-bond acceptors (Lipinski definition) is 6. The molecule has 6 aliphatic rings. The average Bonchev–Trinajstić information content (AvgIpc) is 3.12. The molecule has 6 nitrogen and oxygen atoms in total. The molecule has 1 spiro atoms. The molecule has 0 radical (unpaired) electrons.